The highest BCUT2D eigenvalue weighted by molar-refractivity contribution is 5.99. The molecule has 0 radical (unpaired) electrons. The molecule has 1 unspecified atom stereocenters. The lowest BCUT2D eigenvalue weighted by molar-refractivity contribution is -0.159. The number of carbonyl (C=O) groups excluding carboxylic acids is 4. The molecule has 1 aromatic rings. The number of hydrogen-bond donors (Lipinski definition) is 3. The zero-order valence-corrected chi connectivity index (χ0v) is 18.9. The summed E-state index contributed by atoms with van der Waals surface area (Å²) in [6.45, 7) is -0.0853. The SMILES string of the molecule is O=C1C[C@H](NC(=O)[C@@H]2COC[C@@H]3C/C=C\C[C@H](NC(=O)c4ccccc4C(F)(F)F)C(=O)N32)C(O)O1. The van der Waals surface area contributed by atoms with E-state index in [1.807, 2.05) is 0 Å². The number of fused-ring (bicyclic) bond motifs is 1. The van der Waals surface area contributed by atoms with Crippen molar-refractivity contribution in [1.82, 2.24) is 15.5 Å². The van der Waals surface area contributed by atoms with E-state index in [4.69, 9.17) is 4.74 Å². The largest absolute Gasteiger partial charge is 0.434 e. The monoisotopic (exact) mass is 511 g/mol. The minimum absolute atomic E-state index is 0.000848. The summed E-state index contributed by atoms with van der Waals surface area (Å²) in [5.74, 6) is -3.14. The first-order chi connectivity index (χ1) is 17.1. The van der Waals surface area contributed by atoms with Gasteiger partial charge < -0.3 is 30.1 Å². The van der Waals surface area contributed by atoms with Crippen molar-refractivity contribution < 1.29 is 46.9 Å². The van der Waals surface area contributed by atoms with Crippen molar-refractivity contribution in [2.45, 2.75) is 55.9 Å². The highest BCUT2D eigenvalue weighted by Crippen LogP contribution is 2.32. The Morgan fingerprint density at radius 2 is 1.78 bits per heavy atom. The average molecular weight is 511 g/mol. The molecule has 3 aliphatic heterocycles. The van der Waals surface area contributed by atoms with Crippen molar-refractivity contribution in [2.24, 2.45) is 0 Å². The Morgan fingerprint density at radius 3 is 2.47 bits per heavy atom. The number of ether oxygens (including phenoxy) is 2. The molecular formula is C23H24F3N3O7. The first-order valence-corrected chi connectivity index (χ1v) is 11.3. The third-order valence-corrected chi connectivity index (χ3v) is 6.21. The maximum Gasteiger partial charge on any atom is 0.417 e. The average Bonchev–Trinajstić information content (AvgIpc) is 3.14. The number of aliphatic hydroxyl groups excluding tert-OH is 1. The van der Waals surface area contributed by atoms with Crippen LogP contribution in [0.4, 0.5) is 13.2 Å². The molecule has 0 saturated carbocycles. The van der Waals surface area contributed by atoms with Crippen LogP contribution in [0.3, 0.4) is 0 Å². The highest BCUT2D eigenvalue weighted by atomic mass is 19.4. The lowest BCUT2D eigenvalue weighted by atomic mass is 9.99. The van der Waals surface area contributed by atoms with Gasteiger partial charge in [-0.15, -0.1) is 0 Å². The fourth-order valence-corrected chi connectivity index (χ4v) is 4.45. The van der Waals surface area contributed by atoms with Crippen molar-refractivity contribution in [3.05, 3.63) is 47.5 Å². The van der Waals surface area contributed by atoms with E-state index in [1.54, 1.807) is 12.2 Å². The van der Waals surface area contributed by atoms with Crippen LogP contribution in [0.2, 0.25) is 0 Å². The number of halogens is 3. The van der Waals surface area contributed by atoms with E-state index in [-0.39, 0.29) is 26.1 Å². The van der Waals surface area contributed by atoms with Crippen LogP contribution in [0.15, 0.2) is 36.4 Å². The van der Waals surface area contributed by atoms with E-state index in [2.05, 4.69) is 15.4 Å². The summed E-state index contributed by atoms with van der Waals surface area (Å²) in [7, 11) is 0. The number of cyclic esters (lactones) is 1. The molecule has 0 aliphatic carbocycles. The van der Waals surface area contributed by atoms with Crippen LogP contribution in [0.1, 0.15) is 35.2 Å². The number of rotatable bonds is 4. The van der Waals surface area contributed by atoms with Gasteiger partial charge in [-0.1, -0.05) is 24.3 Å². The second-order valence-electron chi connectivity index (χ2n) is 8.66. The maximum atomic E-state index is 13.5. The molecular weight excluding hydrogens is 487 g/mol. The number of nitrogens with one attached hydrogen (secondary N) is 2. The Bertz CT molecular complexity index is 1080. The summed E-state index contributed by atoms with van der Waals surface area (Å²) in [6, 6.07) is 0.251. The Hall–Kier alpha value is -3.45. The molecule has 5 atom stereocenters. The van der Waals surface area contributed by atoms with Gasteiger partial charge in [0.05, 0.1) is 36.8 Å². The first-order valence-electron chi connectivity index (χ1n) is 11.3. The van der Waals surface area contributed by atoms with Gasteiger partial charge in [-0.05, 0) is 25.0 Å². The molecule has 3 heterocycles. The molecule has 1 aromatic carbocycles. The van der Waals surface area contributed by atoms with Gasteiger partial charge in [0.1, 0.15) is 18.1 Å². The number of aliphatic hydroxyl groups is 1. The quantitative estimate of drug-likeness (QED) is 0.396. The molecule has 2 saturated heterocycles. The second kappa shape index (κ2) is 10.3. The van der Waals surface area contributed by atoms with Gasteiger partial charge in [-0.2, -0.15) is 13.2 Å². The summed E-state index contributed by atoms with van der Waals surface area (Å²) in [5, 5.41) is 14.7. The Balaban J connectivity index is 1.55. The maximum absolute atomic E-state index is 13.5. The van der Waals surface area contributed by atoms with E-state index in [0.29, 0.717) is 6.42 Å². The minimum Gasteiger partial charge on any atom is -0.434 e. The summed E-state index contributed by atoms with van der Waals surface area (Å²) in [4.78, 5) is 52.0. The van der Waals surface area contributed by atoms with E-state index < -0.39 is 71.5 Å². The predicted molar refractivity (Wildman–Crippen MR) is 115 cm³/mol. The second-order valence-corrected chi connectivity index (χ2v) is 8.66. The summed E-state index contributed by atoms with van der Waals surface area (Å²) in [6.07, 6.45) is -2.83. The summed E-state index contributed by atoms with van der Waals surface area (Å²) >= 11 is 0. The Labute approximate surface area is 203 Å². The number of alkyl halides is 3. The highest BCUT2D eigenvalue weighted by Gasteiger charge is 2.44. The molecule has 13 heteroatoms. The van der Waals surface area contributed by atoms with Gasteiger partial charge in [-0.25, -0.2) is 0 Å². The van der Waals surface area contributed by atoms with Crippen molar-refractivity contribution in [2.75, 3.05) is 13.2 Å². The number of morpholine rings is 1. The third kappa shape index (κ3) is 5.36. The predicted octanol–water partition coefficient (Wildman–Crippen LogP) is 0.500. The number of hydrogen-bond acceptors (Lipinski definition) is 7. The zero-order chi connectivity index (χ0) is 26.0. The van der Waals surface area contributed by atoms with E-state index in [9.17, 15) is 37.5 Å². The van der Waals surface area contributed by atoms with Crippen LogP contribution in [0.25, 0.3) is 0 Å². The smallest absolute Gasteiger partial charge is 0.417 e. The van der Waals surface area contributed by atoms with Gasteiger partial charge in [0.25, 0.3) is 5.91 Å². The zero-order valence-electron chi connectivity index (χ0n) is 18.9. The van der Waals surface area contributed by atoms with E-state index in [0.717, 1.165) is 18.2 Å². The number of esters is 1. The van der Waals surface area contributed by atoms with Crippen LogP contribution in [0, 0.1) is 0 Å². The number of carbonyl (C=O) groups is 4. The molecule has 3 aliphatic rings. The fourth-order valence-electron chi connectivity index (χ4n) is 4.45. The van der Waals surface area contributed by atoms with Crippen LogP contribution in [-0.2, 0) is 30.0 Å². The summed E-state index contributed by atoms with van der Waals surface area (Å²) in [5.41, 5.74) is -1.76. The molecule has 3 amide bonds. The topological polar surface area (TPSA) is 134 Å². The van der Waals surface area contributed by atoms with Crippen LogP contribution < -0.4 is 10.6 Å². The molecule has 36 heavy (non-hydrogen) atoms. The molecule has 2 fully saturated rings. The lowest BCUT2D eigenvalue weighted by Gasteiger charge is -2.43. The van der Waals surface area contributed by atoms with Crippen molar-refractivity contribution in [3.8, 4) is 0 Å². The van der Waals surface area contributed by atoms with Crippen LogP contribution in [-0.4, -0.2) is 77.4 Å². The molecule has 194 valence electrons. The number of benzene rings is 1. The molecule has 0 spiro atoms. The number of amides is 3. The molecule has 4 rings (SSSR count). The van der Waals surface area contributed by atoms with Crippen LogP contribution >= 0.6 is 0 Å². The van der Waals surface area contributed by atoms with Crippen molar-refractivity contribution in [1.29, 1.82) is 0 Å². The van der Waals surface area contributed by atoms with Crippen LogP contribution in [0.5, 0.6) is 0 Å². The van der Waals surface area contributed by atoms with E-state index in [1.165, 1.54) is 11.0 Å². The fraction of sp³-hybridized carbons (Fsp3) is 0.478. The lowest BCUT2D eigenvalue weighted by Crippen LogP contribution is -2.65. The van der Waals surface area contributed by atoms with Gasteiger partial charge >= 0.3 is 12.1 Å². The standard InChI is InChI=1S/C23H24F3N3O7/c24-23(25,26)14-7-3-2-6-13(14)19(31)27-15-8-4-1-5-12-10-35-11-17(29(12)21(15)33)20(32)28-16-9-18(30)36-22(16)34/h1-4,6-7,12,15-17,22,34H,5,8-11H2,(H,27,31)(H,28,32)/b4-1-/t12-,15-,16-,17-,22?/m0/s1. The number of nitrogens with zero attached hydrogens (tertiary/aromatic N) is 1. The third-order valence-electron chi connectivity index (χ3n) is 6.21. The molecule has 3 N–H and O–H groups in total. The van der Waals surface area contributed by atoms with Gasteiger partial charge in [-0.3, -0.25) is 19.2 Å². The molecule has 0 bridgehead atoms. The van der Waals surface area contributed by atoms with Crippen molar-refractivity contribution >= 4 is 23.7 Å². The molecule has 10 nitrogen and oxygen atoms in total. The Kier molecular flexibility index (Phi) is 7.31. The van der Waals surface area contributed by atoms with Gasteiger partial charge in [0.2, 0.25) is 18.1 Å². The van der Waals surface area contributed by atoms with Crippen molar-refractivity contribution in [3.63, 3.8) is 0 Å². The minimum atomic E-state index is -4.77. The molecule has 0 aromatic heterocycles. The first kappa shape index (κ1) is 25.6. The summed E-state index contributed by atoms with van der Waals surface area (Å²) < 4.78 is 50.3. The van der Waals surface area contributed by atoms with Gasteiger partial charge in [0, 0.05) is 0 Å². The van der Waals surface area contributed by atoms with E-state index >= 15 is 0 Å². The van der Waals surface area contributed by atoms with Gasteiger partial charge in [0.15, 0.2) is 0 Å². The Morgan fingerprint density at radius 1 is 1.06 bits per heavy atom. The normalized spacial score (nSPS) is 29.4.